The van der Waals surface area contributed by atoms with Crippen molar-refractivity contribution in [2.75, 3.05) is 11.9 Å². The van der Waals surface area contributed by atoms with Crippen LogP contribution in [0.4, 0.5) is 5.69 Å². The molecule has 33 heavy (non-hydrogen) atoms. The van der Waals surface area contributed by atoms with Gasteiger partial charge in [0.25, 0.3) is 17.7 Å². The number of imide groups is 1. The summed E-state index contributed by atoms with van der Waals surface area (Å²) in [6.07, 6.45) is 0.653. The zero-order chi connectivity index (χ0) is 23.2. The molecule has 3 amide bonds. The number of sulfonamides is 1. The lowest BCUT2D eigenvalue weighted by molar-refractivity contribution is 0.0878. The molecule has 2 N–H and O–H groups in total. The topological polar surface area (TPSA) is 113 Å². The summed E-state index contributed by atoms with van der Waals surface area (Å²) >= 11 is 0. The molecule has 0 aliphatic carbocycles. The van der Waals surface area contributed by atoms with Gasteiger partial charge in [0, 0.05) is 24.3 Å². The van der Waals surface area contributed by atoms with Crippen LogP contribution in [-0.4, -0.2) is 37.0 Å². The number of hydrogen-bond acceptors (Lipinski definition) is 5. The van der Waals surface area contributed by atoms with Crippen LogP contribution < -0.4 is 10.6 Å². The maximum Gasteiger partial charge on any atom is 0.259 e. The Balaban J connectivity index is 1.31. The molecule has 2 aliphatic rings. The van der Waals surface area contributed by atoms with E-state index in [2.05, 4.69) is 10.6 Å². The summed E-state index contributed by atoms with van der Waals surface area (Å²) in [6.45, 7) is 0.713. The zero-order valence-corrected chi connectivity index (χ0v) is 18.2. The predicted octanol–water partition coefficient (Wildman–Crippen LogP) is 2.57. The minimum absolute atomic E-state index is 0.117. The third-order valence-electron chi connectivity index (χ3n) is 5.84. The van der Waals surface area contributed by atoms with Gasteiger partial charge in [-0.1, -0.05) is 24.3 Å². The standard InChI is InChI=1S/C24H19N3O5S/c28-22(25-18-7-10-20-21(13-18)24(30)26-23(20)29)16-5-8-19(9-6-16)33(31,32)27-12-11-15-3-1-2-4-17(15)14-27/h1-10,13H,11-12,14H2,(H,25,28)(H,26,29,30). The number of nitrogens with one attached hydrogen (secondary N) is 2. The summed E-state index contributed by atoms with van der Waals surface area (Å²) in [5.74, 6) is -1.45. The lowest BCUT2D eigenvalue weighted by atomic mass is 10.0. The van der Waals surface area contributed by atoms with E-state index in [4.69, 9.17) is 0 Å². The number of nitrogens with zero attached hydrogens (tertiary/aromatic N) is 1. The van der Waals surface area contributed by atoms with Crippen molar-refractivity contribution in [2.45, 2.75) is 17.9 Å². The Morgan fingerprint density at radius 2 is 1.58 bits per heavy atom. The van der Waals surface area contributed by atoms with Crippen LogP contribution in [0.15, 0.2) is 71.6 Å². The van der Waals surface area contributed by atoms with Crippen molar-refractivity contribution < 1.29 is 22.8 Å². The molecule has 166 valence electrons. The maximum atomic E-state index is 13.1. The molecule has 3 aromatic carbocycles. The first-order valence-corrected chi connectivity index (χ1v) is 11.7. The Morgan fingerprint density at radius 3 is 2.33 bits per heavy atom. The quantitative estimate of drug-likeness (QED) is 0.580. The molecule has 0 bridgehead atoms. The minimum atomic E-state index is -3.70. The van der Waals surface area contributed by atoms with Crippen LogP contribution in [0.25, 0.3) is 0 Å². The second-order valence-corrected chi connectivity index (χ2v) is 9.82. The first kappa shape index (κ1) is 21.0. The number of carbonyl (C=O) groups excluding carboxylic acids is 3. The summed E-state index contributed by atoms with van der Waals surface area (Å²) in [7, 11) is -3.70. The summed E-state index contributed by atoms with van der Waals surface area (Å²) in [5, 5.41) is 4.86. The van der Waals surface area contributed by atoms with E-state index < -0.39 is 27.7 Å². The molecule has 9 heteroatoms. The van der Waals surface area contributed by atoms with E-state index in [1.165, 1.54) is 46.8 Å². The van der Waals surface area contributed by atoms with Gasteiger partial charge in [-0.2, -0.15) is 4.31 Å². The van der Waals surface area contributed by atoms with Gasteiger partial charge >= 0.3 is 0 Å². The van der Waals surface area contributed by atoms with E-state index in [0.717, 1.165) is 11.1 Å². The van der Waals surface area contributed by atoms with Gasteiger partial charge in [-0.05, 0) is 60.0 Å². The fourth-order valence-electron chi connectivity index (χ4n) is 4.05. The molecule has 0 aromatic heterocycles. The van der Waals surface area contributed by atoms with Gasteiger partial charge in [0.05, 0.1) is 16.0 Å². The first-order valence-electron chi connectivity index (χ1n) is 10.3. The maximum absolute atomic E-state index is 13.1. The molecule has 0 fully saturated rings. The Kier molecular flexibility index (Phi) is 5.07. The SMILES string of the molecule is O=C(Nc1ccc2c(c1)C(=O)NC2=O)c1ccc(S(=O)(=O)N2CCc3ccccc3C2)cc1. The Labute approximate surface area is 190 Å². The Morgan fingerprint density at radius 1 is 0.879 bits per heavy atom. The van der Waals surface area contributed by atoms with Gasteiger partial charge in [0.1, 0.15) is 0 Å². The van der Waals surface area contributed by atoms with Crippen LogP contribution in [0.1, 0.15) is 42.2 Å². The molecule has 0 spiro atoms. The third kappa shape index (κ3) is 3.81. The molecule has 8 nitrogen and oxygen atoms in total. The Hall–Kier alpha value is -3.82. The average molecular weight is 461 g/mol. The van der Waals surface area contributed by atoms with Crippen LogP contribution in [-0.2, 0) is 23.0 Å². The second kappa shape index (κ2) is 7.95. The lowest BCUT2D eigenvalue weighted by Gasteiger charge is -2.28. The van der Waals surface area contributed by atoms with Crippen molar-refractivity contribution in [2.24, 2.45) is 0 Å². The number of benzene rings is 3. The minimum Gasteiger partial charge on any atom is -0.322 e. The zero-order valence-electron chi connectivity index (χ0n) is 17.4. The highest BCUT2D eigenvalue weighted by molar-refractivity contribution is 7.89. The van der Waals surface area contributed by atoms with Crippen molar-refractivity contribution in [3.63, 3.8) is 0 Å². The van der Waals surface area contributed by atoms with Crippen molar-refractivity contribution in [1.82, 2.24) is 9.62 Å². The van der Waals surface area contributed by atoms with E-state index in [1.54, 1.807) is 0 Å². The normalized spacial score (nSPS) is 15.5. The van der Waals surface area contributed by atoms with Gasteiger partial charge in [-0.15, -0.1) is 0 Å². The molecule has 0 atom stereocenters. The van der Waals surface area contributed by atoms with E-state index in [0.29, 0.717) is 25.2 Å². The smallest absolute Gasteiger partial charge is 0.259 e. The summed E-state index contributed by atoms with van der Waals surface area (Å²) in [4.78, 5) is 36.2. The van der Waals surface area contributed by atoms with Crippen molar-refractivity contribution in [1.29, 1.82) is 0 Å². The highest BCUT2D eigenvalue weighted by Crippen LogP contribution is 2.25. The first-order chi connectivity index (χ1) is 15.8. The van der Waals surface area contributed by atoms with E-state index in [9.17, 15) is 22.8 Å². The van der Waals surface area contributed by atoms with Crippen molar-refractivity contribution >= 4 is 33.4 Å². The molecule has 3 aromatic rings. The number of fused-ring (bicyclic) bond motifs is 2. The molecule has 0 saturated carbocycles. The highest BCUT2D eigenvalue weighted by Gasteiger charge is 2.29. The van der Waals surface area contributed by atoms with E-state index >= 15 is 0 Å². The number of rotatable bonds is 4. The molecule has 0 saturated heterocycles. The number of hydrogen-bond donors (Lipinski definition) is 2. The van der Waals surface area contributed by atoms with Crippen LogP contribution in [0.5, 0.6) is 0 Å². The lowest BCUT2D eigenvalue weighted by Crippen LogP contribution is -2.35. The van der Waals surface area contributed by atoms with Gasteiger partial charge < -0.3 is 5.32 Å². The van der Waals surface area contributed by atoms with Gasteiger partial charge in [-0.25, -0.2) is 8.42 Å². The number of anilines is 1. The molecule has 2 aliphatic heterocycles. The molecule has 2 heterocycles. The fourth-order valence-corrected chi connectivity index (χ4v) is 5.47. The Bertz CT molecular complexity index is 1410. The van der Waals surface area contributed by atoms with Gasteiger partial charge in [-0.3, -0.25) is 19.7 Å². The van der Waals surface area contributed by atoms with Crippen LogP contribution >= 0.6 is 0 Å². The van der Waals surface area contributed by atoms with Crippen LogP contribution in [0, 0.1) is 0 Å². The van der Waals surface area contributed by atoms with Gasteiger partial charge in [0.15, 0.2) is 0 Å². The predicted molar refractivity (Wildman–Crippen MR) is 120 cm³/mol. The van der Waals surface area contributed by atoms with Crippen LogP contribution in [0.2, 0.25) is 0 Å². The third-order valence-corrected chi connectivity index (χ3v) is 7.70. The number of amides is 3. The highest BCUT2D eigenvalue weighted by atomic mass is 32.2. The van der Waals surface area contributed by atoms with Crippen molar-refractivity contribution in [3.05, 3.63) is 94.5 Å². The van der Waals surface area contributed by atoms with E-state index in [-0.39, 0.29) is 21.6 Å². The largest absolute Gasteiger partial charge is 0.322 e. The fraction of sp³-hybridized carbons (Fsp3) is 0.125. The monoisotopic (exact) mass is 461 g/mol. The molecular formula is C24H19N3O5S. The van der Waals surface area contributed by atoms with E-state index in [1.807, 2.05) is 24.3 Å². The molecule has 0 unspecified atom stereocenters. The summed E-state index contributed by atoms with van der Waals surface area (Å²) < 4.78 is 27.6. The van der Waals surface area contributed by atoms with Gasteiger partial charge in [0.2, 0.25) is 10.0 Å². The van der Waals surface area contributed by atoms with Crippen LogP contribution in [0.3, 0.4) is 0 Å². The average Bonchev–Trinajstić information content (AvgIpc) is 3.11. The molecule has 5 rings (SSSR count). The summed E-state index contributed by atoms with van der Waals surface area (Å²) in [6, 6.07) is 17.9. The summed E-state index contributed by atoms with van der Waals surface area (Å²) in [5.41, 5.74) is 3.22. The van der Waals surface area contributed by atoms with Crippen molar-refractivity contribution in [3.8, 4) is 0 Å². The number of carbonyl (C=O) groups is 3. The molecular weight excluding hydrogens is 442 g/mol. The second-order valence-electron chi connectivity index (χ2n) is 7.88. The molecule has 0 radical (unpaired) electrons.